The number of hydrogen-bond donors (Lipinski definition) is 2. The molecule has 7 heteroatoms. The van der Waals surface area contributed by atoms with Crippen LogP contribution in [-0.2, 0) is 11.3 Å². The molecule has 0 aliphatic heterocycles. The Hall–Kier alpha value is -3.74. The average Bonchev–Trinajstić information content (AvgIpc) is 2.73. The lowest BCUT2D eigenvalue weighted by atomic mass is 10.1. The Morgan fingerprint density at radius 1 is 1.07 bits per heavy atom. The summed E-state index contributed by atoms with van der Waals surface area (Å²) in [5.41, 5.74) is 2.58. The van der Waals surface area contributed by atoms with E-state index in [0.29, 0.717) is 23.5 Å². The van der Waals surface area contributed by atoms with Gasteiger partial charge in [-0.15, -0.1) is 0 Å². The second kappa shape index (κ2) is 8.57. The third-order valence-corrected chi connectivity index (χ3v) is 3.78. The normalized spacial score (nSPS) is 10.1. The molecule has 3 aromatic rings. The van der Waals surface area contributed by atoms with Crippen LogP contribution in [0.1, 0.15) is 26.4 Å². The monoisotopic (exact) mass is 362 g/mol. The van der Waals surface area contributed by atoms with E-state index in [1.54, 1.807) is 42.7 Å². The van der Waals surface area contributed by atoms with E-state index in [1.807, 2.05) is 18.2 Å². The number of rotatable bonds is 6. The van der Waals surface area contributed by atoms with Crippen LogP contribution in [0.3, 0.4) is 0 Å². The Kier molecular flexibility index (Phi) is 5.73. The maximum Gasteiger partial charge on any atom is 0.339 e. The smallest absolute Gasteiger partial charge is 0.339 e. The van der Waals surface area contributed by atoms with Gasteiger partial charge in [0, 0.05) is 18.6 Å². The number of carbonyl (C=O) groups is 2. The number of nitrogens with one attached hydrogen (secondary N) is 2. The Morgan fingerprint density at radius 2 is 1.89 bits per heavy atom. The number of anilines is 2. The van der Waals surface area contributed by atoms with E-state index in [2.05, 4.69) is 20.6 Å². The predicted molar refractivity (Wildman–Crippen MR) is 102 cm³/mol. The summed E-state index contributed by atoms with van der Waals surface area (Å²) < 4.78 is 4.74. The summed E-state index contributed by atoms with van der Waals surface area (Å²) in [4.78, 5) is 32.7. The zero-order chi connectivity index (χ0) is 19.1. The summed E-state index contributed by atoms with van der Waals surface area (Å²) in [5, 5.41) is 5.90. The lowest BCUT2D eigenvalue weighted by Crippen LogP contribution is -2.16. The number of carbonyl (C=O) groups excluding carboxylic acids is 2. The molecular formula is C20H18N4O3. The van der Waals surface area contributed by atoms with Crippen molar-refractivity contribution < 1.29 is 14.3 Å². The van der Waals surface area contributed by atoms with Crippen molar-refractivity contribution in [3.8, 4) is 0 Å². The van der Waals surface area contributed by atoms with E-state index >= 15 is 0 Å². The lowest BCUT2D eigenvalue weighted by molar-refractivity contribution is 0.0602. The zero-order valence-electron chi connectivity index (χ0n) is 14.7. The van der Waals surface area contributed by atoms with Gasteiger partial charge in [0.15, 0.2) is 0 Å². The fourth-order valence-electron chi connectivity index (χ4n) is 2.43. The fraction of sp³-hybridized carbons (Fsp3) is 0.100. The fourth-order valence-corrected chi connectivity index (χ4v) is 2.43. The number of amides is 1. The number of methoxy groups -OCH3 is 1. The molecule has 27 heavy (non-hydrogen) atoms. The molecule has 0 aliphatic rings. The number of para-hydroxylation sites is 1. The minimum atomic E-state index is -0.519. The molecule has 0 saturated heterocycles. The number of nitrogens with zero attached hydrogens (tertiary/aromatic N) is 2. The van der Waals surface area contributed by atoms with E-state index in [-0.39, 0.29) is 11.5 Å². The number of ether oxygens (including phenoxy) is 1. The molecule has 0 atom stereocenters. The Balaban J connectivity index is 1.72. The molecule has 2 heterocycles. The molecule has 0 fully saturated rings. The van der Waals surface area contributed by atoms with Gasteiger partial charge in [0.2, 0.25) is 0 Å². The lowest BCUT2D eigenvalue weighted by Gasteiger charge is -2.11. The van der Waals surface area contributed by atoms with Crippen LogP contribution < -0.4 is 10.6 Å². The highest BCUT2D eigenvalue weighted by molar-refractivity contribution is 6.08. The van der Waals surface area contributed by atoms with Gasteiger partial charge in [-0.2, -0.15) is 0 Å². The number of esters is 1. The Labute approximate surface area is 156 Å². The quantitative estimate of drug-likeness (QED) is 0.655. The van der Waals surface area contributed by atoms with Crippen molar-refractivity contribution in [3.05, 3.63) is 83.9 Å². The summed E-state index contributed by atoms with van der Waals surface area (Å²) in [5.74, 6) is -0.893. The highest BCUT2D eigenvalue weighted by Gasteiger charge is 2.14. The number of benzene rings is 1. The molecule has 3 rings (SSSR count). The van der Waals surface area contributed by atoms with Crippen molar-refractivity contribution in [2.75, 3.05) is 17.7 Å². The second-order valence-electron chi connectivity index (χ2n) is 5.63. The van der Waals surface area contributed by atoms with Crippen molar-refractivity contribution in [1.29, 1.82) is 0 Å². The largest absolute Gasteiger partial charge is 0.465 e. The van der Waals surface area contributed by atoms with Crippen molar-refractivity contribution in [2.24, 2.45) is 0 Å². The number of aromatic nitrogens is 2. The summed E-state index contributed by atoms with van der Waals surface area (Å²) in [6.45, 7) is 0.513. The van der Waals surface area contributed by atoms with Crippen molar-refractivity contribution in [2.45, 2.75) is 6.54 Å². The molecule has 1 amide bonds. The van der Waals surface area contributed by atoms with Crippen LogP contribution >= 0.6 is 0 Å². The molecule has 2 aromatic heterocycles. The van der Waals surface area contributed by atoms with Gasteiger partial charge in [0.1, 0.15) is 0 Å². The zero-order valence-corrected chi connectivity index (χ0v) is 14.7. The van der Waals surface area contributed by atoms with E-state index in [4.69, 9.17) is 4.74 Å². The molecule has 7 nitrogen and oxygen atoms in total. The summed E-state index contributed by atoms with van der Waals surface area (Å²) in [7, 11) is 1.29. The molecule has 0 unspecified atom stereocenters. The van der Waals surface area contributed by atoms with Gasteiger partial charge in [-0.1, -0.05) is 18.2 Å². The number of pyridine rings is 2. The van der Waals surface area contributed by atoms with Crippen LogP contribution in [0.25, 0.3) is 0 Å². The highest BCUT2D eigenvalue weighted by atomic mass is 16.5. The van der Waals surface area contributed by atoms with E-state index < -0.39 is 5.97 Å². The van der Waals surface area contributed by atoms with E-state index in [1.165, 1.54) is 13.3 Å². The van der Waals surface area contributed by atoms with Crippen molar-refractivity contribution in [1.82, 2.24) is 9.97 Å². The minimum Gasteiger partial charge on any atom is -0.465 e. The third-order valence-electron chi connectivity index (χ3n) is 3.78. The maximum atomic E-state index is 12.6. The first-order chi connectivity index (χ1) is 13.2. The van der Waals surface area contributed by atoms with Crippen molar-refractivity contribution in [3.63, 3.8) is 0 Å². The van der Waals surface area contributed by atoms with Gasteiger partial charge in [0.05, 0.1) is 41.9 Å². The van der Waals surface area contributed by atoms with Crippen LogP contribution in [0.5, 0.6) is 0 Å². The van der Waals surface area contributed by atoms with Gasteiger partial charge in [-0.25, -0.2) is 4.79 Å². The standard InChI is InChI=1S/C20H18N4O3/c1-27-20(26)17-7-2-3-8-18(17)24-19(25)14-10-16(12-21-11-14)23-13-15-6-4-5-9-22-15/h2-12,23H,13H2,1H3,(H,24,25). The van der Waals surface area contributed by atoms with Gasteiger partial charge in [-0.3, -0.25) is 14.8 Å². The molecule has 0 saturated carbocycles. The first-order valence-electron chi connectivity index (χ1n) is 8.25. The van der Waals surface area contributed by atoms with Gasteiger partial charge in [0.25, 0.3) is 5.91 Å². The first-order valence-corrected chi connectivity index (χ1v) is 8.25. The molecule has 0 bridgehead atoms. The SMILES string of the molecule is COC(=O)c1ccccc1NC(=O)c1cncc(NCc2ccccn2)c1. The molecule has 0 radical (unpaired) electrons. The average molecular weight is 362 g/mol. The van der Waals surface area contributed by atoms with Crippen LogP contribution in [0.4, 0.5) is 11.4 Å². The highest BCUT2D eigenvalue weighted by Crippen LogP contribution is 2.18. The Bertz CT molecular complexity index is 945. The Morgan fingerprint density at radius 3 is 2.67 bits per heavy atom. The van der Waals surface area contributed by atoms with E-state index in [9.17, 15) is 9.59 Å². The molecule has 0 spiro atoms. The van der Waals surface area contributed by atoms with Crippen molar-refractivity contribution >= 4 is 23.3 Å². The topological polar surface area (TPSA) is 93.2 Å². The van der Waals surface area contributed by atoms with Gasteiger partial charge in [-0.05, 0) is 30.3 Å². The number of hydrogen-bond acceptors (Lipinski definition) is 6. The van der Waals surface area contributed by atoms with Gasteiger partial charge < -0.3 is 15.4 Å². The van der Waals surface area contributed by atoms with Crippen LogP contribution in [-0.4, -0.2) is 29.0 Å². The predicted octanol–water partition coefficient (Wildman–Crippen LogP) is 3.13. The molecule has 2 N–H and O–H groups in total. The van der Waals surface area contributed by atoms with E-state index in [0.717, 1.165) is 5.69 Å². The van der Waals surface area contributed by atoms with Crippen LogP contribution in [0.2, 0.25) is 0 Å². The van der Waals surface area contributed by atoms with Crippen LogP contribution in [0, 0.1) is 0 Å². The molecule has 1 aromatic carbocycles. The van der Waals surface area contributed by atoms with Gasteiger partial charge >= 0.3 is 5.97 Å². The second-order valence-corrected chi connectivity index (χ2v) is 5.63. The molecule has 136 valence electrons. The van der Waals surface area contributed by atoms with Crippen LogP contribution in [0.15, 0.2) is 67.1 Å². The summed E-state index contributed by atoms with van der Waals surface area (Å²) in [6, 6.07) is 14.0. The molecular weight excluding hydrogens is 344 g/mol. The summed E-state index contributed by atoms with van der Waals surface area (Å²) >= 11 is 0. The summed E-state index contributed by atoms with van der Waals surface area (Å²) in [6.07, 6.45) is 4.81. The third kappa shape index (κ3) is 4.66. The minimum absolute atomic E-state index is 0.283. The maximum absolute atomic E-state index is 12.6. The molecule has 0 aliphatic carbocycles. The first kappa shape index (κ1) is 18.1.